The summed E-state index contributed by atoms with van der Waals surface area (Å²) in [5.41, 5.74) is 5.36. The molecule has 4 rings (SSSR count). The first-order valence-electron chi connectivity index (χ1n) is 9.03. The third-order valence-corrected chi connectivity index (χ3v) is 6.51. The normalized spacial score (nSPS) is 19.7. The number of allylic oxidation sites excluding steroid dienone is 1. The number of fused-ring (bicyclic) bond motifs is 1. The fraction of sp³-hybridized carbons (Fsp3) is 0.273. The molecule has 2 aromatic rings. The van der Waals surface area contributed by atoms with Crippen molar-refractivity contribution in [3.63, 3.8) is 0 Å². The number of nitrogens with zero attached hydrogens (tertiary/aromatic N) is 3. The molecule has 4 nitrogen and oxygen atoms in total. The topological polar surface area (TPSA) is 47.3 Å². The second-order valence-electron chi connectivity index (χ2n) is 7.04. The number of hydrogen-bond donors (Lipinski definition) is 0. The Balaban J connectivity index is 1.66. The van der Waals surface area contributed by atoms with E-state index < -0.39 is 0 Å². The van der Waals surface area contributed by atoms with Gasteiger partial charge in [0.25, 0.3) is 0 Å². The molecule has 0 saturated carbocycles. The van der Waals surface area contributed by atoms with Crippen molar-refractivity contribution in [1.82, 2.24) is 4.90 Å². The number of nitriles is 1. The predicted octanol–water partition coefficient (Wildman–Crippen LogP) is 4.52. The molecule has 2 aromatic carbocycles. The monoisotopic (exact) mass is 375 g/mol. The molecule has 0 bridgehead atoms. The lowest BCUT2D eigenvalue weighted by molar-refractivity contribution is -0.129. The van der Waals surface area contributed by atoms with Crippen LogP contribution in [0.3, 0.4) is 0 Å². The van der Waals surface area contributed by atoms with Crippen LogP contribution in [0.5, 0.6) is 0 Å². The SMILES string of the molecule is Cc1ccc(N2CSC3=C(C#N)C(c4ccccc4)CC(=O)N3C2)cc1C. The van der Waals surface area contributed by atoms with Crippen LogP contribution in [0.25, 0.3) is 0 Å². The molecule has 0 aliphatic carbocycles. The largest absolute Gasteiger partial charge is 0.344 e. The van der Waals surface area contributed by atoms with E-state index in [9.17, 15) is 10.1 Å². The van der Waals surface area contributed by atoms with E-state index in [0.29, 0.717) is 18.7 Å². The average molecular weight is 375 g/mol. The molecule has 1 saturated heterocycles. The van der Waals surface area contributed by atoms with E-state index >= 15 is 0 Å². The summed E-state index contributed by atoms with van der Waals surface area (Å²) < 4.78 is 0. The smallest absolute Gasteiger partial charge is 0.229 e. The molecule has 1 amide bonds. The van der Waals surface area contributed by atoms with Crippen molar-refractivity contribution in [1.29, 1.82) is 5.26 Å². The van der Waals surface area contributed by atoms with Crippen molar-refractivity contribution in [3.05, 3.63) is 75.8 Å². The Kier molecular flexibility index (Phi) is 4.67. The zero-order valence-electron chi connectivity index (χ0n) is 15.5. The van der Waals surface area contributed by atoms with Crippen LogP contribution in [0.4, 0.5) is 5.69 Å². The summed E-state index contributed by atoms with van der Waals surface area (Å²) in [5.74, 6) is 0.670. The second-order valence-corrected chi connectivity index (χ2v) is 7.98. The Morgan fingerprint density at radius 2 is 1.89 bits per heavy atom. The Labute approximate surface area is 164 Å². The van der Waals surface area contributed by atoms with Crippen LogP contribution in [0.1, 0.15) is 29.0 Å². The molecule has 136 valence electrons. The summed E-state index contributed by atoms with van der Waals surface area (Å²) in [6.07, 6.45) is 0.345. The minimum absolute atomic E-state index is 0.0823. The molecular weight excluding hydrogens is 354 g/mol. The molecule has 0 aromatic heterocycles. The van der Waals surface area contributed by atoms with Crippen molar-refractivity contribution >= 4 is 23.4 Å². The first-order chi connectivity index (χ1) is 13.1. The van der Waals surface area contributed by atoms with Crippen LogP contribution in [-0.2, 0) is 4.79 Å². The van der Waals surface area contributed by atoms with E-state index in [-0.39, 0.29) is 11.8 Å². The fourth-order valence-electron chi connectivity index (χ4n) is 3.62. The number of amides is 1. The van der Waals surface area contributed by atoms with Crippen molar-refractivity contribution in [2.75, 3.05) is 17.4 Å². The van der Waals surface area contributed by atoms with Gasteiger partial charge in [0.05, 0.1) is 29.2 Å². The molecule has 1 fully saturated rings. The minimum Gasteiger partial charge on any atom is -0.344 e. The molecule has 2 aliphatic rings. The Morgan fingerprint density at radius 3 is 2.59 bits per heavy atom. The van der Waals surface area contributed by atoms with Gasteiger partial charge >= 0.3 is 0 Å². The van der Waals surface area contributed by atoms with Gasteiger partial charge in [-0.2, -0.15) is 5.26 Å². The fourth-order valence-corrected chi connectivity index (χ4v) is 4.79. The Bertz CT molecular complexity index is 961. The number of hydrogen-bond acceptors (Lipinski definition) is 4. The van der Waals surface area contributed by atoms with E-state index in [2.05, 4.69) is 43.0 Å². The van der Waals surface area contributed by atoms with Crippen LogP contribution >= 0.6 is 11.8 Å². The zero-order valence-corrected chi connectivity index (χ0v) is 16.3. The molecular formula is C22H21N3OS. The number of rotatable bonds is 2. The lowest BCUT2D eigenvalue weighted by Crippen LogP contribution is -2.47. The van der Waals surface area contributed by atoms with Gasteiger partial charge in [-0.15, -0.1) is 0 Å². The zero-order chi connectivity index (χ0) is 19.0. The number of carbonyl (C=O) groups is 1. The maximum absolute atomic E-state index is 12.9. The lowest BCUT2D eigenvalue weighted by atomic mass is 9.86. The van der Waals surface area contributed by atoms with Gasteiger partial charge in [-0.1, -0.05) is 48.2 Å². The summed E-state index contributed by atoms with van der Waals surface area (Å²) in [4.78, 5) is 16.9. The summed E-state index contributed by atoms with van der Waals surface area (Å²) >= 11 is 1.58. The van der Waals surface area contributed by atoms with E-state index in [0.717, 1.165) is 22.2 Å². The molecule has 1 atom stereocenters. The third-order valence-electron chi connectivity index (χ3n) is 5.35. The number of anilines is 1. The summed E-state index contributed by atoms with van der Waals surface area (Å²) in [5, 5.41) is 10.6. The molecule has 0 spiro atoms. The van der Waals surface area contributed by atoms with Gasteiger partial charge in [-0.05, 0) is 42.7 Å². The highest BCUT2D eigenvalue weighted by atomic mass is 32.2. The summed E-state index contributed by atoms with van der Waals surface area (Å²) in [7, 11) is 0. The van der Waals surface area contributed by atoms with Crippen molar-refractivity contribution in [3.8, 4) is 6.07 Å². The quantitative estimate of drug-likeness (QED) is 0.774. The molecule has 2 heterocycles. The highest BCUT2D eigenvalue weighted by Crippen LogP contribution is 2.43. The van der Waals surface area contributed by atoms with Gasteiger partial charge in [0.1, 0.15) is 0 Å². The third kappa shape index (κ3) is 3.22. The summed E-state index contributed by atoms with van der Waals surface area (Å²) in [6, 6.07) is 18.6. The minimum atomic E-state index is -0.143. The number of benzene rings is 2. The van der Waals surface area contributed by atoms with Crippen LogP contribution in [0, 0.1) is 25.2 Å². The number of carbonyl (C=O) groups excluding carboxylic acids is 1. The molecule has 5 heteroatoms. The van der Waals surface area contributed by atoms with Gasteiger partial charge < -0.3 is 4.90 Å². The van der Waals surface area contributed by atoms with Crippen LogP contribution < -0.4 is 4.90 Å². The van der Waals surface area contributed by atoms with Crippen LogP contribution in [0.2, 0.25) is 0 Å². The highest BCUT2D eigenvalue weighted by molar-refractivity contribution is 8.03. The molecule has 27 heavy (non-hydrogen) atoms. The molecule has 2 aliphatic heterocycles. The first-order valence-corrected chi connectivity index (χ1v) is 10.0. The van der Waals surface area contributed by atoms with Crippen molar-refractivity contribution < 1.29 is 4.79 Å². The standard InChI is InChI=1S/C22H21N3OS/c1-15-8-9-18(10-16(15)2)24-13-25-21(26)11-19(17-6-4-3-5-7-17)20(12-23)22(25)27-14-24/h3-10,19H,11,13-14H2,1-2H3. The summed E-state index contributed by atoms with van der Waals surface area (Å²) in [6.45, 7) is 4.70. The van der Waals surface area contributed by atoms with Crippen molar-refractivity contribution in [2.24, 2.45) is 0 Å². The maximum Gasteiger partial charge on any atom is 0.229 e. The average Bonchev–Trinajstić information content (AvgIpc) is 2.70. The maximum atomic E-state index is 12.9. The Morgan fingerprint density at radius 1 is 1.11 bits per heavy atom. The van der Waals surface area contributed by atoms with E-state index in [1.54, 1.807) is 16.7 Å². The van der Waals surface area contributed by atoms with Gasteiger partial charge in [0, 0.05) is 18.0 Å². The van der Waals surface area contributed by atoms with Gasteiger partial charge in [0.2, 0.25) is 5.91 Å². The Hall–Kier alpha value is -2.71. The van der Waals surface area contributed by atoms with E-state index in [4.69, 9.17) is 0 Å². The van der Waals surface area contributed by atoms with E-state index in [1.807, 2.05) is 30.3 Å². The molecule has 0 radical (unpaired) electrons. The van der Waals surface area contributed by atoms with Gasteiger partial charge in [0.15, 0.2) is 0 Å². The van der Waals surface area contributed by atoms with Gasteiger partial charge in [-0.25, -0.2) is 0 Å². The molecule has 0 N–H and O–H groups in total. The highest BCUT2D eigenvalue weighted by Gasteiger charge is 2.38. The second kappa shape index (κ2) is 7.13. The van der Waals surface area contributed by atoms with E-state index in [1.165, 1.54) is 11.1 Å². The molecule has 1 unspecified atom stereocenters. The van der Waals surface area contributed by atoms with Crippen LogP contribution in [-0.4, -0.2) is 23.4 Å². The number of aryl methyl sites for hydroxylation is 2. The van der Waals surface area contributed by atoms with Crippen molar-refractivity contribution in [2.45, 2.75) is 26.2 Å². The van der Waals surface area contributed by atoms with Crippen LogP contribution in [0.15, 0.2) is 59.1 Å². The number of thioether (sulfide) groups is 1. The van der Waals surface area contributed by atoms with Gasteiger partial charge in [-0.3, -0.25) is 9.69 Å². The predicted molar refractivity (Wildman–Crippen MR) is 109 cm³/mol. The first kappa shape index (κ1) is 17.7. The lowest BCUT2D eigenvalue weighted by Gasteiger charge is -2.42.